The maximum Gasteiger partial charge on any atom is 0.407 e. The van der Waals surface area contributed by atoms with Gasteiger partial charge in [-0.3, -0.25) is 0 Å². The third kappa shape index (κ3) is 9.73. The Morgan fingerprint density at radius 1 is 1.07 bits per heavy atom. The first-order valence-electron chi connectivity index (χ1n) is 16.0. The molecular formula is C34H57NO5. The summed E-state index contributed by atoms with van der Waals surface area (Å²) in [4.78, 5) is 12.3. The van der Waals surface area contributed by atoms with E-state index in [4.69, 9.17) is 19.3 Å². The molecule has 0 aliphatic heterocycles. The predicted octanol–water partition coefficient (Wildman–Crippen LogP) is 7.38. The van der Waals surface area contributed by atoms with E-state index in [1.807, 2.05) is 0 Å². The second kappa shape index (κ2) is 16.7. The number of fused-ring (bicyclic) bond motifs is 1. The van der Waals surface area contributed by atoms with E-state index in [0.717, 1.165) is 37.0 Å². The molecule has 0 unspecified atom stereocenters. The number of hydrogen-bond acceptors (Lipinski definition) is 5. The number of hydrogen-bond donors (Lipinski definition) is 2. The van der Waals surface area contributed by atoms with Crippen molar-refractivity contribution in [3.8, 4) is 0 Å². The van der Waals surface area contributed by atoms with Gasteiger partial charge in [-0.05, 0) is 79.6 Å². The van der Waals surface area contributed by atoms with E-state index in [1.165, 1.54) is 62.5 Å². The van der Waals surface area contributed by atoms with Crippen LogP contribution in [0.4, 0.5) is 4.79 Å². The molecule has 3 saturated carbocycles. The molecule has 5 atom stereocenters. The lowest BCUT2D eigenvalue weighted by molar-refractivity contribution is 0.0329. The minimum absolute atomic E-state index is 0.00869. The third-order valence-electron chi connectivity index (χ3n) is 9.73. The van der Waals surface area contributed by atoms with Crippen LogP contribution in [0.15, 0.2) is 35.5 Å². The van der Waals surface area contributed by atoms with Crippen LogP contribution in [0.1, 0.15) is 98.3 Å². The topological polar surface area (TPSA) is 77.0 Å². The van der Waals surface area contributed by atoms with Gasteiger partial charge in [-0.25, -0.2) is 4.79 Å². The Hall–Kier alpha value is -1.63. The van der Waals surface area contributed by atoms with Crippen LogP contribution in [0.2, 0.25) is 0 Å². The SMILES string of the molecule is C=C1CC[C@H](OC(=O)NCCOCCOCCO)C/C1=C/C=C1\CCC[C@]2(C)[C@@H]([C@H](C)CCCC(C)C)CC[C@@H]12. The highest BCUT2D eigenvalue weighted by Gasteiger charge is 2.50. The largest absolute Gasteiger partial charge is 0.446 e. The van der Waals surface area contributed by atoms with Crippen molar-refractivity contribution in [1.82, 2.24) is 5.32 Å². The maximum absolute atomic E-state index is 12.3. The molecule has 3 aliphatic carbocycles. The van der Waals surface area contributed by atoms with Gasteiger partial charge in [0, 0.05) is 13.0 Å². The van der Waals surface area contributed by atoms with Gasteiger partial charge < -0.3 is 24.6 Å². The fourth-order valence-electron chi connectivity index (χ4n) is 7.55. The highest BCUT2D eigenvalue weighted by atomic mass is 16.6. The maximum atomic E-state index is 12.3. The summed E-state index contributed by atoms with van der Waals surface area (Å²) in [6, 6.07) is 0. The molecule has 40 heavy (non-hydrogen) atoms. The average Bonchev–Trinajstić information content (AvgIpc) is 3.28. The smallest absolute Gasteiger partial charge is 0.407 e. The zero-order valence-corrected chi connectivity index (χ0v) is 25.8. The van der Waals surface area contributed by atoms with Crippen molar-refractivity contribution in [2.75, 3.05) is 39.6 Å². The lowest BCUT2D eigenvalue weighted by Crippen LogP contribution is -2.36. The molecular weight excluding hydrogens is 502 g/mol. The van der Waals surface area contributed by atoms with Crippen LogP contribution >= 0.6 is 0 Å². The second-order valence-electron chi connectivity index (χ2n) is 13.1. The highest BCUT2D eigenvalue weighted by Crippen LogP contribution is 2.60. The molecule has 6 heteroatoms. The first-order valence-corrected chi connectivity index (χ1v) is 16.0. The number of aliphatic hydroxyl groups is 1. The lowest BCUT2D eigenvalue weighted by Gasteiger charge is -2.44. The van der Waals surface area contributed by atoms with Gasteiger partial charge in [0.2, 0.25) is 0 Å². The number of ether oxygens (including phenoxy) is 3. The second-order valence-corrected chi connectivity index (χ2v) is 13.1. The molecule has 228 valence electrons. The van der Waals surface area contributed by atoms with Crippen molar-refractivity contribution in [2.45, 2.75) is 104 Å². The Kier molecular flexibility index (Phi) is 13.7. The molecule has 1 amide bonds. The molecule has 0 aromatic carbocycles. The summed E-state index contributed by atoms with van der Waals surface area (Å²) in [6.07, 6.45) is 17.3. The Balaban J connectivity index is 1.49. The molecule has 0 spiro atoms. The number of alkyl carbamates (subject to hydrolysis) is 1. The number of aliphatic hydroxyl groups excluding tert-OH is 1. The molecule has 3 fully saturated rings. The van der Waals surface area contributed by atoms with Crippen molar-refractivity contribution in [3.05, 3.63) is 35.5 Å². The highest BCUT2D eigenvalue weighted by molar-refractivity contribution is 5.67. The number of allylic oxidation sites excluding steroid dienone is 4. The Morgan fingerprint density at radius 2 is 1.85 bits per heavy atom. The molecule has 3 aliphatic rings. The van der Waals surface area contributed by atoms with E-state index >= 15 is 0 Å². The van der Waals surface area contributed by atoms with Crippen LogP contribution in [-0.2, 0) is 14.2 Å². The number of carbonyl (C=O) groups is 1. The Labute approximate surface area is 244 Å². The van der Waals surface area contributed by atoms with Crippen molar-refractivity contribution in [1.29, 1.82) is 0 Å². The van der Waals surface area contributed by atoms with Crippen molar-refractivity contribution in [3.63, 3.8) is 0 Å². The number of amides is 1. The average molecular weight is 560 g/mol. The molecule has 0 heterocycles. The first kappa shape index (κ1) is 32.9. The van der Waals surface area contributed by atoms with Crippen molar-refractivity contribution < 1.29 is 24.1 Å². The van der Waals surface area contributed by atoms with Crippen molar-refractivity contribution >= 4 is 6.09 Å². The third-order valence-corrected chi connectivity index (χ3v) is 9.73. The van der Waals surface area contributed by atoms with Gasteiger partial charge in [-0.2, -0.15) is 0 Å². The van der Waals surface area contributed by atoms with Crippen LogP contribution in [-0.4, -0.2) is 56.9 Å². The summed E-state index contributed by atoms with van der Waals surface area (Å²) in [6.45, 7) is 16.1. The predicted molar refractivity (Wildman–Crippen MR) is 162 cm³/mol. The van der Waals surface area contributed by atoms with Crippen LogP contribution in [0.25, 0.3) is 0 Å². The summed E-state index contributed by atoms with van der Waals surface area (Å²) < 4.78 is 16.3. The minimum atomic E-state index is -0.391. The summed E-state index contributed by atoms with van der Waals surface area (Å²) in [7, 11) is 0. The van der Waals surface area contributed by atoms with Gasteiger partial charge in [0.1, 0.15) is 6.10 Å². The fourth-order valence-corrected chi connectivity index (χ4v) is 7.55. The van der Waals surface area contributed by atoms with Gasteiger partial charge in [0.05, 0.1) is 33.0 Å². The van der Waals surface area contributed by atoms with E-state index in [1.54, 1.807) is 5.57 Å². The van der Waals surface area contributed by atoms with Crippen LogP contribution in [0.5, 0.6) is 0 Å². The van der Waals surface area contributed by atoms with Crippen LogP contribution in [0, 0.1) is 29.1 Å². The van der Waals surface area contributed by atoms with Gasteiger partial charge >= 0.3 is 6.09 Å². The monoisotopic (exact) mass is 559 g/mol. The van der Waals surface area contributed by atoms with Gasteiger partial charge in [-0.1, -0.05) is 76.8 Å². The number of rotatable bonds is 15. The van der Waals surface area contributed by atoms with Gasteiger partial charge in [0.15, 0.2) is 0 Å². The van der Waals surface area contributed by atoms with Gasteiger partial charge in [0.25, 0.3) is 0 Å². The van der Waals surface area contributed by atoms with E-state index in [9.17, 15) is 4.79 Å². The molecule has 0 aromatic heterocycles. The summed E-state index contributed by atoms with van der Waals surface area (Å²) >= 11 is 0. The zero-order chi connectivity index (χ0) is 29.0. The van der Waals surface area contributed by atoms with Crippen LogP contribution in [0.3, 0.4) is 0 Å². The van der Waals surface area contributed by atoms with Crippen molar-refractivity contribution in [2.24, 2.45) is 29.1 Å². The number of nitrogens with one attached hydrogen (secondary N) is 1. The van der Waals surface area contributed by atoms with Gasteiger partial charge in [-0.15, -0.1) is 0 Å². The molecule has 2 N–H and O–H groups in total. The molecule has 3 rings (SSSR count). The van der Waals surface area contributed by atoms with E-state index in [-0.39, 0.29) is 12.7 Å². The zero-order valence-electron chi connectivity index (χ0n) is 25.8. The van der Waals surface area contributed by atoms with E-state index in [2.05, 4.69) is 51.7 Å². The molecule has 0 aromatic rings. The molecule has 0 saturated heterocycles. The molecule has 0 radical (unpaired) electrons. The van der Waals surface area contributed by atoms with E-state index < -0.39 is 6.09 Å². The Bertz CT molecular complexity index is 864. The lowest BCUT2D eigenvalue weighted by atomic mass is 9.60. The number of carbonyl (C=O) groups excluding carboxylic acids is 1. The summed E-state index contributed by atoms with van der Waals surface area (Å²) in [5, 5.41) is 11.5. The fraction of sp³-hybridized carbons (Fsp3) is 0.794. The minimum Gasteiger partial charge on any atom is -0.446 e. The summed E-state index contributed by atoms with van der Waals surface area (Å²) in [5.41, 5.74) is 4.47. The summed E-state index contributed by atoms with van der Waals surface area (Å²) in [5.74, 6) is 3.16. The van der Waals surface area contributed by atoms with Crippen LogP contribution < -0.4 is 5.32 Å². The quantitative estimate of drug-likeness (QED) is 0.205. The van der Waals surface area contributed by atoms with E-state index in [0.29, 0.717) is 44.3 Å². The normalized spacial score (nSPS) is 29.6. The standard InChI is InChI=1S/C34H57NO5/c1-25(2)8-6-9-27(4)31-15-16-32-28(10-7-17-34(31,32)5)12-13-29-24-30(14-11-26(29)3)40-33(37)35-18-20-38-22-23-39-21-19-36/h12-13,25,27,30-32,36H,3,6-11,14-24H2,1-2,4-5H3,(H,35,37)/b28-12+,29-13-/t27-,30+,31-,32+,34-/m1/s1. The molecule has 6 nitrogen and oxygen atoms in total. The first-order chi connectivity index (χ1) is 19.2. The Morgan fingerprint density at radius 3 is 2.60 bits per heavy atom. The molecule has 0 bridgehead atoms.